The van der Waals surface area contributed by atoms with Crippen LogP contribution in [0.4, 0.5) is 5.13 Å². The number of carbonyl (C=O) groups excluding carboxylic acids is 1. The number of rotatable bonds is 6. The van der Waals surface area contributed by atoms with Crippen LogP contribution in [0, 0.1) is 31.1 Å². The molecule has 1 spiro atoms. The monoisotopic (exact) mass is 543 g/mol. The summed E-state index contributed by atoms with van der Waals surface area (Å²) in [5.41, 5.74) is 5.83. The van der Waals surface area contributed by atoms with Crippen molar-refractivity contribution < 1.29 is 14.6 Å². The number of benzene rings is 2. The molecule has 6 nitrogen and oxygen atoms in total. The normalized spacial score (nSPS) is 29.0. The van der Waals surface area contributed by atoms with Crippen LogP contribution < -0.4 is 9.64 Å². The minimum atomic E-state index is -0.510. The van der Waals surface area contributed by atoms with Gasteiger partial charge in [-0.25, -0.2) is 4.98 Å². The number of anilines is 1. The summed E-state index contributed by atoms with van der Waals surface area (Å²) in [7, 11) is 0. The first-order chi connectivity index (χ1) is 18.8. The third-order valence-electron chi connectivity index (χ3n) is 9.90. The van der Waals surface area contributed by atoms with Crippen molar-refractivity contribution in [2.45, 2.75) is 58.7 Å². The molecule has 1 aromatic heterocycles. The van der Waals surface area contributed by atoms with Gasteiger partial charge >= 0.3 is 0 Å². The lowest BCUT2D eigenvalue weighted by atomic mass is 9.64. The zero-order valence-electron chi connectivity index (χ0n) is 23.1. The van der Waals surface area contributed by atoms with Crippen molar-refractivity contribution in [2.24, 2.45) is 17.3 Å². The van der Waals surface area contributed by atoms with Gasteiger partial charge in [0, 0.05) is 54.0 Å². The average Bonchev–Trinajstić information content (AvgIpc) is 3.20. The molecule has 3 aromatic rings. The van der Waals surface area contributed by atoms with E-state index in [-0.39, 0.29) is 5.91 Å². The van der Waals surface area contributed by atoms with Crippen LogP contribution in [-0.2, 0) is 6.61 Å². The van der Waals surface area contributed by atoms with E-state index in [0.29, 0.717) is 23.9 Å². The molecule has 0 radical (unpaired) electrons. The first kappa shape index (κ1) is 25.1. The minimum Gasteiger partial charge on any atom is -0.488 e. The maximum atomic E-state index is 12.9. The fraction of sp³-hybridized carbons (Fsp3) is 0.500. The third kappa shape index (κ3) is 4.08. The summed E-state index contributed by atoms with van der Waals surface area (Å²) >= 11 is 1.68. The Morgan fingerprint density at radius 2 is 1.95 bits per heavy atom. The van der Waals surface area contributed by atoms with Crippen molar-refractivity contribution in [3.8, 4) is 17.0 Å². The molecule has 1 N–H and O–H groups in total. The lowest BCUT2D eigenvalue weighted by molar-refractivity contribution is -0.108. The predicted molar refractivity (Wildman–Crippen MR) is 154 cm³/mol. The van der Waals surface area contributed by atoms with Gasteiger partial charge in [0.2, 0.25) is 0 Å². The van der Waals surface area contributed by atoms with Crippen molar-refractivity contribution >= 4 is 22.4 Å². The summed E-state index contributed by atoms with van der Waals surface area (Å²) < 4.78 is 6.38. The highest BCUT2D eigenvalue weighted by molar-refractivity contribution is 7.14. The topological polar surface area (TPSA) is 65.9 Å². The van der Waals surface area contributed by atoms with Gasteiger partial charge in [-0.1, -0.05) is 17.7 Å². The molecule has 2 saturated carbocycles. The molecule has 7 rings (SSSR count). The number of likely N-dealkylation sites (tertiary alicyclic amines) is 1. The second-order valence-electron chi connectivity index (χ2n) is 12.4. The van der Waals surface area contributed by atoms with E-state index in [0.717, 1.165) is 84.3 Å². The molecule has 4 fully saturated rings. The smallest absolute Gasteiger partial charge is 0.253 e. The molecule has 39 heavy (non-hydrogen) atoms. The maximum absolute atomic E-state index is 12.9. The van der Waals surface area contributed by atoms with Crippen LogP contribution in [0.3, 0.4) is 0 Å². The molecular weight excluding hydrogens is 506 g/mol. The van der Waals surface area contributed by atoms with Gasteiger partial charge in [-0.05, 0) is 87.8 Å². The number of aromatic nitrogens is 1. The van der Waals surface area contributed by atoms with Gasteiger partial charge in [0.25, 0.3) is 5.91 Å². The summed E-state index contributed by atoms with van der Waals surface area (Å²) in [5.74, 6) is 1.79. The SMILES string of the molecule is Cc1ccc(OCc2ccc(C(=O)N3CCCCC3)cc2C)c(-c2csc(N3CC4C(C)(O)C5CC45C3)n2)c1. The summed E-state index contributed by atoms with van der Waals surface area (Å²) in [6, 6.07) is 12.2. The number of aliphatic hydroxyl groups is 1. The lowest BCUT2D eigenvalue weighted by Crippen LogP contribution is -2.52. The van der Waals surface area contributed by atoms with Crippen LogP contribution in [0.2, 0.25) is 0 Å². The van der Waals surface area contributed by atoms with Crippen LogP contribution >= 0.6 is 11.3 Å². The van der Waals surface area contributed by atoms with E-state index in [1.165, 1.54) is 12.0 Å². The Hall–Kier alpha value is -2.90. The Bertz CT molecular complexity index is 1440. The number of thiazole rings is 1. The molecule has 2 aliphatic carbocycles. The molecule has 2 aromatic carbocycles. The number of amides is 1. The number of ether oxygens (including phenoxy) is 1. The van der Waals surface area contributed by atoms with Gasteiger partial charge in [-0.15, -0.1) is 11.3 Å². The van der Waals surface area contributed by atoms with Crippen molar-refractivity contribution in [3.05, 3.63) is 64.0 Å². The van der Waals surface area contributed by atoms with E-state index in [2.05, 4.69) is 36.3 Å². The number of hydrogen-bond donors (Lipinski definition) is 1. The van der Waals surface area contributed by atoms with Gasteiger partial charge in [-0.3, -0.25) is 4.79 Å². The average molecular weight is 544 g/mol. The number of nitrogens with zero attached hydrogens (tertiary/aromatic N) is 3. The highest BCUT2D eigenvalue weighted by atomic mass is 32.1. The van der Waals surface area contributed by atoms with E-state index in [4.69, 9.17) is 9.72 Å². The molecule has 3 heterocycles. The van der Waals surface area contributed by atoms with E-state index in [9.17, 15) is 9.90 Å². The lowest BCUT2D eigenvalue weighted by Gasteiger charge is -2.44. The molecule has 0 bridgehead atoms. The van der Waals surface area contributed by atoms with Crippen molar-refractivity contribution in [1.82, 2.24) is 9.88 Å². The number of carbonyl (C=O) groups is 1. The summed E-state index contributed by atoms with van der Waals surface area (Å²) in [4.78, 5) is 22.3. The molecule has 2 saturated heterocycles. The van der Waals surface area contributed by atoms with Crippen LogP contribution in [0.15, 0.2) is 41.8 Å². The van der Waals surface area contributed by atoms with Gasteiger partial charge in [0.05, 0.1) is 11.3 Å². The molecule has 7 heteroatoms. The van der Waals surface area contributed by atoms with Crippen molar-refractivity contribution in [2.75, 3.05) is 31.1 Å². The van der Waals surface area contributed by atoms with Crippen LogP contribution in [-0.4, -0.2) is 52.7 Å². The largest absolute Gasteiger partial charge is 0.488 e. The highest BCUT2D eigenvalue weighted by Crippen LogP contribution is 2.78. The van der Waals surface area contributed by atoms with Crippen LogP contribution in [0.25, 0.3) is 11.3 Å². The quantitative estimate of drug-likeness (QED) is 0.423. The Labute approximate surface area is 234 Å². The van der Waals surface area contributed by atoms with E-state index in [1.807, 2.05) is 36.1 Å². The van der Waals surface area contributed by atoms with Crippen LogP contribution in [0.1, 0.15) is 59.7 Å². The number of piperidine rings is 1. The predicted octanol–water partition coefficient (Wildman–Crippen LogP) is 5.84. The second kappa shape index (κ2) is 9.07. The first-order valence-electron chi connectivity index (χ1n) is 14.3. The zero-order valence-corrected chi connectivity index (χ0v) is 23.9. The molecular formula is C32H37N3O3S. The molecule has 4 aliphatic rings. The van der Waals surface area contributed by atoms with E-state index >= 15 is 0 Å². The van der Waals surface area contributed by atoms with Gasteiger partial charge in [-0.2, -0.15) is 0 Å². The molecule has 1 amide bonds. The van der Waals surface area contributed by atoms with Crippen molar-refractivity contribution in [1.29, 1.82) is 0 Å². The zero-order chi connectivity index (χ0) is 26.9. The fourth-order valence-corrected chi connectivity index (χ4v) is 8.43. The van der Waals surface area contributed by atoms with E-state index in [1.54, 1.807) is 11.3 Å². The highest BCUT2D eigenvalue weighted by Gasteiger charge is 2.81. The minimum absolute atomic E-state index is 0.136. The maximum Gasteiger partial charge on any atom is 0.253 e. The third-order valence-corrected chi connectivity index (χ3v) is 10.8. The Kier molecular flexibility index (Phi) is 5.83. The van der Waals surface area contributed by atoms with Crippen LogP contribution in [0.5, 0.6) is 5.75 Å². The fourth-order valence-electron chi connectivity index (χ4n) is 7.59. The Balaban J connectivity index is 1.06. The van der Waals surface area contributed by atoms with E-state index < -0.39 is 5.60 Å². The second-order valence-corrected chi connectivity index (χ2v) is 13.3. The molecule has 4 atom stereocenters. The van der Waals surface area contributed by atoms with Gasteiger partial charge < -0.3 is 19.6 Å². The molecule has 4 unspecified atom stereocenters. The standard InChI is InChI=1S/C32H37N3O3S/c1-20-7-10-26(38-17-23-9-8-22(14-21(23)2)29(36)34-11-5-4-6-12-34)24(13-20)25-18-39-30(33-25)35-16-28-31(3,37)27-15-32(27,28)19-35/h7-10,13-14,18,27-28,37H,4-6,11-12,15-17,19H2,1-3H3. The summed E-state index contributed by atoms with van der Waals surface area (Å²) in [6.45, 7) is 10.2. The summed E-state index contributed by atoms with van der Waals surface area (Å²) in [6.07, 6.45) is 4.56. The van der Waals surface area contributed by atoms with Crippen molar-refractivity contribution in [3.63, 3.8) is 0 Å². The van der Waals surface area contributed by atoms with Gasteiger partial charge in [0.1, 0.15) is 12.4 Å². The Morgan fingerprint density at radius 1 is 1.13 bits per heavy atom. The first-order valence-corrected chi connectivity index (χ1v) is 15.2. The number of hydrogen-bond acceptors (Lipinski definition) is 6. The Morgan fingerprint density at radius 3 is 2.69 bits per heavy atom. The summed E-state index contributed by atoms with van der Waals surface area (Å²) in [5, 5.41) is 14.0. The molecule has 204 valence electrons. The number of aryl methyl sites for hydroxylation is 2. The van der Waals surface area contributed by atoms with Gasteiger partial charge in [0.15, 0.2) is 5.13 Å². The molecule has 2 aliphatic heterocycles.